The number of hydrogen-bond donors (Lipinski definition) is 4. The molecule has 218 valence electrons. The Bertz CT molecular complexity index is 1890. The molecule has 0 bridgehead atoms. The van der Waals surface area contributed by atoms with Gasteiger partial charge < -0.3 is 15.2 Å². The van der Waals surface area contributed by atoms with Crippen LogP contribution in [-0.2, 0) is 29.7 Å². The second kappa shape index (κ2) is 12.8. The van der Waals surface area contributed by atoms with Gasteiger partial charge in [0.15, 0.2) is 0 Å². The van der Waals surface area contributed by atoms with E-state index in [0.717, 1.165) is 5.69 Å². The molecule has 4 N–H and O–H groups in total. The van der Waals surface area contributed by atoms with Gasteiger partial charge in [-0.1, -0.05) is 0 Å². The van der Waals surface area contributed by atoms with Crippen LogP contribution in [0.15, 0.2) is 73.0 Å². The van der Waals surface area contributed by atoms with Gasteiger partial charge in [-0.15, -0.1) is 0 Å². The maximum Gasteiger partial charge on any atom is 0.328 e. The van der Waals surface area contributed by atoms with Crippen molar-refractivity contribution >= 4 is 35.2 Å². The number of benzene rings is 1. The van der Waals surface area contributed by atoms with Crippen LogP contribution in [0, 0.1) is 13.8 Å². The highest BCUT2D eigenvalue weighted by molar-refractivity contribution is 5.92. The van der Waals surface area contributed by atoms with E-state index in [-0.39, 0.29) is 37.7 Å². The topological polar surface area (TPSA) is 185 Å². The van der Waals surface area contributed by atoms with Gasteiger partial charge >= 0.3 is 11.4 Å². The normalized spacial score (nSPS) is 11.1. The fraction of sp³-hybridized carbons (Fsp3) is 0.250. The van der Waals surface area contributed by atoms with Gasteiger partial charge in [0.1, 0.15) is 5.82 Å². The zero-order valence-corrected chi connectivity index (χ0v) is 23.3. The summed E-state index contributed by atoms with van der Waals surface area (Å²) in [4.78, 5) is 80.4. The quantitative estimate of drug-likeness (QED) is 0.206. The molecule has 0 atom stereocenters. The molecule has 0 saturated carbocycles. The van der Waals surface area contributed by atoms with Crippen LogP contribution >= 0.6 is 0 Å². The number of rotatable bonds is 10. The maximum atomic E-state index is 12.4. The lowest BCUT2D eigenvalue weighted by Gasteiger charge is -2.09. The number of aromatic nitrogens is 5. The average molecular weight is 575 g/mol. The Kier molecular flexibility index (Phi) is 8.95. The van der Waals surface area contributed by atoms with Crippen LogP contribution in [0.4, 0.5) is 17.2 Å². The molecule has 0 aliphatic rings. The highest BCUT2D eigenvalue weighted by Gasteiger charge is 2.10. The first-order valence-corrected chi connectivity index (χ1v) is 13.0. The van der Waals surface area contributed by atoms with E-state index in [1.807, 2.05) is 0 Å². The fourth-order valence-electron chi connectivity index (χ4n) is 4.00. The fourth-order valence-corrected chi connectivity index (χ4v) is 4.00. The molecule has 1 aromatic carbocycles. The zero-order chi connectivity index (χ0) is 30.4. The Labute approximate surface area is 238 Å². The van der Waals surface area contributed by atoms with Crippen LogP contribution in [0.25, 0.3) is 0 Å². The first-order chi connectivity index (χ1) is 20.0. The number of nitrogens with zero attached hydrogens (tertiary/aromatic N) is 4. The van der Waals surface area contributed by atoms with Crippen molar-refractivity contribution in [3.8, 4) is 0 Å². The van der Waals surface area contributed by atoms with Crippen molar-refractivity contribution in [3.63, 3.8) is 0 Å². The lowest BCUT2D eigenvalue weighted by atomic mass is 10.2. The van der Waals surface area contributed by atoms with Gasteiger partial charge in [0, 0.05) is 62.2 Å². The summed E-state index contributed by atoms with van der Waals surface area (Å²) in [5.74, 6) is -0.0426. The van der Waals surface area contributed by atoms with Gasteiger partial charge in [0.05, 0.1) is 17.6 Å². The first kappa shape index (κ1) is 29.5. The molecule has 14 nitrogen and oxygen atoms in total. The summed E-state index contributed by atoms with van der Waals surface area (Å²) in [6.07, 6.45) is 4.56. The maximum absolute atomic E-state index is 12.4. The number of amides is 2. The Balaban J connectivity index is 1.29. The summed E-state index contributed by atoms with van der Waals surface area (Å²) in [7, 11) is 1.77. The Morgan fingerprint density at radius 1 is 0.786 bits per heavy atom. The van der Waals surface area contributed by atoms with Crippen LogP contribution in [-0.4, -0.2) is 41.7 Å². The molecular formula is C28H30N8O6. The average Bonchev–Trinajstić information content (AvgIpc) is 3.29. The van der Waals surface area contributed by atoms with E-state index in [1.165, 1.54) is 21.5 Å². The Morgan fingerprint density at radius 3 is 1.86 bits per heavy atom. The molecule has 2 amide bonds. The zero-order valence-electron chi connectivity index (χ0n) is 23.3. The smallest absolute Gasteiger partial charge is 0.328 e. The lowest BCUT2D eigenvalue weighted by molar-refractivity contribution is -0.117. The molecule has 0 spiro atoms. The van der Waals surface area contributed by atoms with Crippen LogP contribution < -0.4 is 33.1 Å². The minimum Gasteiger partial charge on any atom is -0.330 e. The van der Waals surface area contributed by atoms with E-state index < -0.39 is 22.5 Å². The summed E-state index contributed by atoms with van der Waals surface area (Å²) in [6.45, 7) is 3.41. The van der Waals surface area contributed by atoms with Crippen molar-refractivity contribution < 1.29 is 9.59 Å². The molecule has 0 aliphatic carbocycles. The summed E-state index contributed by atoms with van der Waals surface area (Å²) in [6, 6.07) is 10.4. The minimum atomic E-state index is -0.568. The number of carbonyl (C=O) groups excluding carboxylic acids is 2. The van der Waals surface area contributed by atoms with Crippen molar-refractivity contribution in [1.29, 1.82) is 0 Å². The third-order valence-corrected chi connectivity index (χ3v) is 6.46. The number of H-pyrrole nitrogens is 2. The minimum absolute atomic E-state index is 0.0359. The number of hydrogen-bond acceptors (Lipinski definition) is 7. The van der Waals surface area contributed by atoms with E-state index in [1.54, 1.807) is 68.1 Å². The van der Waals surface area contributed by atoms with Crippen LogP contribution in [0.5, 0.6) is 0 Å². The number of anilines is 2. The van der Waals surface area contributed by atoms with Crippen LogP contribution in [0.3, 0.4) is 0 Å². The van der Waals surface area contributed by atoms with Gasteiger partial charge in [-0.25, -0.2) is 9.59 Å². The molecule has 0 radical (unpaired) electrons. The van der Waals surface area contributed by atoms with Crippen LogP contribution in [0.2, 0.25) is 0 Å². The lowest BCUT2D eigenvalue weighted by Crippen LogP contribution is -2.31. The van der Waals surface area contributed by atoms with Crippen molar-refractivity contribution in [2.45, 2.75) is 39.8 Å². The van der Waals surface area contributed by atoms with Gasteiger partial charge in [0.2, 0.25) is 11.8 Å². The van der Waals surface area contributed by atoms with Gasteiger partial charge in [-0.05, 0) is 50.2 Å². The predicted octanol–water partition coefficient (Wildman–Crippen LogP) is 1.15. The summed E-state index contributed by atoms with van der Waals surface area (Å²) in [5.41, 5.74) is 0.656. The van der Waals surface area contributed by atoms with Gasteiger partial charge in [0.25, 0.3) is 11.1 Å². The van der Waals surface area contributed by atoms with E-state index in [9.17, 15) is 28.8 Å². The third kappa shape index (κ3) is 7.35. The summed E-state index contributed by atoms with van der Waals surface area (Å²) in [5, 5.41) is 5.56. The van der Waals surface area contributed by atoms with Gasteiger partial charge in [-0.2, -0.15) is 0 Å². The predicted molar refractivity (Wildman–Crippen MR) is 158 cm³/mol. The molecule has 3 aromatic heterocycles. The number of aromatic amines is 2. The molecular weight excluding hydrogens is 544 g/mol. The largest absolute Gasteiger partial charge is 0.330 e. The van der Waals surface area contributed by atoms with Gasteiger partial charge in [-0.3, -0.25) is 43.3 Å². The molecule has 4 rings (SSSR count). The van der Waals surface area contributed by atoms with Crippen molar-refractivity contribution in [3.05, 3.63) is 107 Å². The molecule has 42 heavy (non-hydrogen) atoms. The molecule has 3 heterocycles. The number of aryl methyl sites for hydroxylation is 4. The van der Waals surface area contributed by atoms with E-state index in [0.29, 0.717) is 28.3 Å². The second-order valence-electron chi connectivity index (χ2n) is 9.63. The highest BCUT2D eigenvalue weighted by Crippen LogP contribution is 2.18. The van der Waals surface area contributed by atoms with Crippen molar-refractivity contribution in [2.24, 2.45) is 12.0 Å². The number of aliphatic imine (C=N–C) groups is 1. The molecule has 0 aliphatic heterocycles. The Morgan fingerprint density at radius 2 is 1.31 bits per heavy atom. The molecule has 14 heteroatoms. The molecule has 4 aromatic rings. The number of carbonyl (C=O) groups is 2. The third-order valence-electron chi connectivity index (χ3n) is 6.46. The number of nitrogens with one attached hydrogen (secondary N) is 4. The summed E-state index contributed by atoms with van der Waals surface area (Å²) >= 11 is 0. The highest BCUT2D eigenvalue weighted by atomic mass is 16.2. The molecule has 0 saturated heterocycles. The van der Waals surface area contributed by atoms with Crippen LogP contribution in [0.1, 0.15) is 29.7 Å². The van der Waals surface area contributed by atoms with E-state index in [2.05, 4.69) is 25.6 Å². The first-order valence-electron chi connectivity index (χ1n) is 13.0. The Hall–Kier alpha value is -5.53. The van der Waals surface area contributed by atoms with Crippen molar-refractivity contribution in [1.82, 2.24) is 23.7 Å². The SMILES string of the molecule is Cc1cn(CCC(=O)Nc2ccc(N=Cc3ccc(NC(=O)CCn4cc(C)c(=O)[nH]c4=O)n3C)cc2)c(=O)[nH]c1=O. The monoisotopic (exact) mass is 574 g/mol. The van der Waals surface area contributed by atoms with E-state index in [4.69, 9.17) is 0 Å². The standard InChI is InChI=1S/C28H30N8O6/c1-17-15-35(27(41)32-25(17)39)12-10-23(37)30-20-6-4-19(5-7-20)29-14-21-8-9-22(34(21)3)31-24(38)11-13-36-16-18(2)26(40)33-28(36)42/h4-9,14-16H,10-13H2,1-3H3,(H,30,37)(H,31,38)(H,32,39,41)(H,33,40,42). The molecule has 0 fully saturated rings. The molecule has 0 unspecified atom stereocenters. The van der Waals surface area contributed by atoms with Crippen molar-refractivity contribution in [2.75, 3.05) is 10.6 Å². The second-order valence-corrected chi connectivity index (χ2v) is 9.63. The van der Waals surface area contributed by atoms with E-state index >= 15 is 0 Å². The summed E-state index contributed by atoms with van der Waals surface area (Å²) < 4.78 is 4.32.